The molecular weight excluding hydrogens is 302 g/mol. The minimum Gasteiger partial charge on any atom is -0.496 e. The highest BCUT2D eigenvalue weighted by molar-refractivity contribution is 7.10. The third-order valence-electron chi connectivity index (χ3n) is 3.57. The van der Waals surface area contributed by atoms with E-state index >= 15 is 0 Å². The van der Waals surface area contributed by atoms with E-state index in [9.17, 15) is 0 Å². The highest BCUT2D eigenvalue weighted by Crippen LogP contribution is 2.34. The first-order valence-electron chi connectivity index (χ1n) is 7.19. The molecule has 0 aliphatic heterocycles. The van der Waals surface area contributed by atoms with Crippen LogP contribution in [0.15, 0.2) is 23.6 Å². The van der Waals surface area contributed by atoms with Crippen molar-refractivity contribution >= 4 is 22.9 Å². The Hall–Kier alpha value is -1.03. The van der Waals surface area contributed by atoms with E-state index in [4.69, 9.17) is 16.3 Å². The van der Waals surface area contributed by atoms with Crippen molar-refractivity contribution in [3.8, 4) is 5.75 Å². The summed E-state index contributed by atoms with van der Waals surface area (Å²) in [5.41, 5.74) is 3.62. The zero-order valence-electron chi connectivity index (χ0n) is 13.0. The van der Waals surface area contributed by atoms with Gasteiger partial charge in [0.15, 0.2) is 0 Å². The number of aryl methyl sites for hydroxylation is 2. The van der Waals surface area contributed by atoms with Crippen LogP contribution in [0.3, 0.4) is 0 Å². The van der Waals surface area contributed by atoms with Crippen molar-refractivity contribution in [1.82, 2.24) is 5.32 Å². The molecule has 1 aromatic heterocycles. The van der Waals surface area contributed by atoms with E-state index in [2.05, 4.69) is 44.3 Å². The largest absolute Gasteiger partial charge is 0.496 e. The molecule has 2 aromatic rings. The van der Waals surface area contributed by atoms with E-state index in [1.165, 1.54) is 16.0 Å². The van der Waals surface area contributed by atoms with Crippen LogP contribution in [-0.4, -0.2) is 13.7 Å². The topological polar surface area (TPSA) is 21.3 Å². The minimum atomic E-state index is 0.190. The Kier molecular flexibility index (Phi) is 5.68. The average Bonchev–Trinajstić information content (AvgIpc) is 2.93. The summed E-state index contributed by atoms with van der Waals surface area (Å²) in [6.07, 6.45) is 1.10. The first-order chi connectivity index (χ1) is 10.1. The Morgan fingerprint density at radius 1 is 1.24 bits per heavy atom. The molecule has 0 radical (unpaired) electrons. The molecule has 0 aliphatic carbocycles. The van der Waals surface area contributed by atoms with Crippen LogP contribution < -0.4 is 10.1 Å². The van der Waals surface area contributed by atoms with E-state index in [0.717, 1.165) is 29.3 Å². The highest BCUT2D eigenvalue weighted by Gasteiger charge is 2.19. The van der Waals surface area contributed by atoms with Crippen molar-refractivity contribution in [1.29, 1.82) is 0 Å². The lowest BCUT2D eigenvalue weighted by Crippen LogP contribution is -2.23. The molecule has 0 saturated carbocycles. The molecule has 1 unspecified atom stereocenters. The lowest BCUT2D eigenvalue weighted by molar-refractivity contribution is 0.416. The molecule has 2 nitrogen and oxygen atoms in total. The first kappa shape index (κ1) is 16.3. The summed E-state index contributed by atoms with van der Waals surface area (Å²) >= 11 is 7.96. The fourth-order valence-electron chi connectivity index (χ4n) is 2.36. The van der Waals surface area contributed by atoms with E-state index in [1.807, 2.05) is 5.38 Å². The maximum Gasteiger partial charge on any atom is 0.129 e. The number of thiophene rings is 1. The van der Waals surface area contributed by atoms with Gasteiger partial charge in [-0.3, -0.25) is 0 Å². The second-order valence-electron chi connectivity index (χ2n) is 5.23. The van der Waals surface area contributed by atoms with Gasteiger partial charge in [-0.15, -0.1) is 11.3 Å². The van der Waals surface area contributed by atoms with E-state index in [-0.39, 0.29) is 6.04 Å². The Labute approximate surface area is 136 Å². The smallest absolute Gasteiger partial charge is 0.129 e. The fourth-order valence-corrected chi connectivity index (χ4v) is 3.52. The summed E-state index contributed by atoms with van der Waals surface area (Å²) in [6.45, 7) is 7.33. The van der Waals surface area contributed by atoms with Gasteiger partial charge in [0, 0.05) is 15.3 Å². The van der Waals surface area contributed by atoms with Crippen LogP contribution in [0.5, 0.6) is 5.75 Å². The summed E-state index contributed by atoms with van der Waals surface area (Å²) in [4.78, 5) is 1.27. The summed E-state index contributed by atoms with van der Waals surface area (Å²) in [5, 5.41) is 6.52. The van der Waals surface area contributed by atoms with Gasteiger partial charge < -0.3 is 10.1 Å². The SMILES string of the molecule is CCCNC(c1cc(OC)cs1)c1cc(C)c(Cl)cc1C. The van der Waals surface area contributed by atoms with Crippen molar-refractivity contribution in [2.75, 3.05) is 13.7 Å². The second kappa shape index (κ2) is 7.30. The van der Waals surface area contributed by atoms with Crippen LogP contribution in [0.2, 0.25) is 5.02 Å². The van der Waals surface area contributed by atoms with E-state index in [0.29, 0.717) is 0 Å². The van der Waals surface area contributed by atoms with Crippen LogP contribution in [0.25, 0.3) is 0 Å². The summed E-state index contributed by atoms with van der Waals surface area (Å²) in [6, 6.07) is 6.55. The minimum absolute atomic E-state index is 0.190. The van der Waals surface area contributed by atoms with Crippen molar-refractivity contribution in [3.63, 3.8) is 0 Å². The monoisotopic (exact) mass is 323 g/mol. The number of rotatable bonds is 6. The first-order valence-corrected chi connectivity index (χ1v) is 8.45. The molecular formula is C17H22ClNOS. The lowest BCUT2D eigenvalue weighted by atomic mass is 9.97. The van der Waals surface area contributed by atoms with Crippen LogP contribution in [0, 0.1) is 13.8 Å². The molecule has 1 atom stereocenters. The second-order valence-corrected chi connectivity index (χ2v) is 6.58. The van der Waals surface area contributed by atoms with Crippen molar-refractivity contribution < 1.29 is 4.74 Å². The summed E-state index contributed by atoms with van der Waals surface area (Å²) < 4.78 is 5.32. The molecule has 2 rings (SSSR count). The zero-order chi connectivity index (χ0) is 15.4. The van der Waals surface area contributed by atoms with E-state index in [1.54, 1.807) is 18.4 Å². The highest BCUT2D eigenvalue weighted by atomic mass is 35.5. The maximum absolute atomic E-state index is 6.23. The zero-order valence-corrected chi connectivity index (χ0v) is 14.6. The van der Waals surface area contributed by atoms with Gasteiger partial charge in [-0.1, -0.05) is 24.6 Å². The Morgan fingerprint density at radius 2 is 2.00 bits per heavy atom. The standard InChI is InChI=1S/C17H22ClNOS/c1-5-6-19-17(16-9-13(20-4)10-21-16)14-7-12(3)15(18)8-11(14)2/h7-10,17,19H,5-6H2,1-4H3. The summed E-state index contributed by atoms with van der Waals surface area (Å²) in [7, 11) is 1.71. The number of methoxy groups -OCH3 is 1. The van der Waals surface area contributed by atoms with Gasteiger partial charge in [-0.25, -0.2) is 0 Å². The molecule has 0 saturated heterocycles. The maximum atomic E-state index is 6.23. The quantitative estimate of drug-likeness (QED) is 0.797. The Bertz CT molecular complexity index is 609. The molecule has 21 heavy (non-hydrogen) atoms. The van der Waals surface area contributed by atoms with Crippen LogP contribution in [0.1, 0.15) is 41.0 Å². The molecule has 0 amide bonds. The molecule has 0 bridgehead atoms. The molecule has 0 aliphatic rings. The van der Waals surface area contributed by atoms with Crippen LogP contribution in [0.4, 0.5) is 0 Å². The van der Waals surface area contributed by atoms with Crippen molar-refractivity contribution in [2.45, 2.75) is 33.2 Å². The van der Waals surface area contributed by atoms with Crippen molar-refractivity contribution in [2.24, 2.45) is 0 Å². The van der Waals surface area contributed by atoms with Gasteiger partial charge >= 0.3 is 0 Å². The number of halogens is 1. The van der Waals surface area contributed by atoms with Gasteiger partial charge in [-0.2, -0.15) is 0 Å². The Balaban J connectivity index is 2.42. The molecule has 0 fully saturated rings. The molecule has 1 aromatic carbocycles. The third-order valence-corrected chi connectivity index (χ3v) is 4.96. The Morgan fingerprint density at radius 3 is 2.62 bits per heavy atom. The molecule has 114 valence electrons. The van der Waals surface area contributed by atoms with Crippen LogP contribution >= 0.6 is 22.9 Å². The predicted molar refractivity (Wildman–Crippen MR) is 91.9 cm³/mol. The molecule has 1 heterocycles. The number of hydrogen-bond donors (Lipinski definition) is 1. The average molecular weight is 324 g/mol. The lowest BCUT2D eigenvalue weighted by Gasteiger charge is -2.21. The van der Waals surface area contributed by atoms with Gasteiger partial charge in [-0.05, 0) is 55.6 Å². The third kappa shape index (κ3) is 3.79. The number of nitrogens with one attached hydrogen (secondary N) is 1. The van der Waals surface area contributed by atoms with Gasteiger partial charge in [0.25, 0.3) is 0 Å². The number of hydrogen-bond acceptors (Lipinski definition) is 3. The molecule has 1 N–H and O–H groups in total. The fraction of sp³-hybridized carbons (Fsp3) is 0.412. The predicted octanol–water partition coefficient (Wildman–Crippen LogP) is 5.12. The normalized spacial score (nSPS) is 12.4. The molecule has 0 spiro atoms. The van der Waals surface area contributed by atoms with Gasteiger partial charge in [0.05, 0.1) is 13.2 Å². The molecule has 4 heteroatoms. The van der Waals surface area contributed by atoms with Gasteiger partial charge in [0.2, 0.25) is 0 Å². The van der Waals surface area contributed by atoms with Crippen LogP contribution in [-0.2, 0) is 0 Å². The van der Waals surface area contributed by atoms with Gasteiger partial charge in [0.1, 0.15) is 5.75 Å². The van der Waals surface area contributed by atoms with Crippen molar-refractivity contribution in [3.05, 3.63) is 50.2 Å². The van der Waals surface area contributed by atoms with E-state index < -0.39 is 0 Å². The number of ether oxygens (including phenoxy) is 1. The summed E-state index contributed by atoms with van der Waals surface area (Å²) in [5.74, 6) is 0.918. The number of benzene rings is 1.